The van der Waals surface area contributed by atoms with Crippen LogP contribution in [0.2, 0.25) is 0 Å². The molecule has 0 spiro atoms. The summed E-state index contributed by atoms with van der Waals surface area (Å²) in [5.41, 5.74) is 0.346. The van der Waals surface area contributed by atoms with E-state index in [1.807, 2.05) is 14.0 Å². The Labute approximate surface area is 88.7 Å². The second kappa shape index (κ2) is 5.46. The first-order chi connectivity index (χ1) is 7.13. The lowest BCUT2D eigenvalue weighted by molar-refractivity contribution is 0.0950. The van der Waals surface area contributed by atoms with Gasteiger partial charge >= 0.3 is 0 Å². The fraction of sp³-hybridized carbons (Fsp3) is 0.364. The van der Waals surface area contributed by atoms with Gasteiger partial charge in [-0.2, -0.15) is 0 Å². The van der Waals surface area contributed by atoms with E-state index in [1.165, 1.54) is 18.2 Å². The van der Waals surface area contributed by atoms with Crippen molar-refractivity contribution in [3.63, 3.8) is 0 Å². The zero-order valence-corrected chi connectivity index (χ0v) is 8.88. The van der Waals surface area contributed by atoms with Gasteiger partial charge in [-0.05, 0) is 32.2 Å². The number of carbonyl (C=O) groups excluding carboxylic acids is 1. The third-order valence-electron chi connectivity index (χ3n) is 2.15. The molecule has 0 aliphatic carbocycles. The van der Waals surface area contributed by atoms with Crippen molar-refractivity contribution < 1.29 is 9.18 Å². The Bertz CT molecular complexity index is 341. The fourth-order valence-electron chi connectivity index (χ4n) is 1.08. The van der Waals surface area contributed by atoms with Crippen molar-refractivity contribution in [1.29, 1.82) is 0 Å². The number of rotatable bonds is 4. The third kappa shape index (κ3) is 3.67. The predicted octanol–water partition coefficient (Wildman–Crippen LogP) is 1.16. The van der Waals surface area contributed by atoms with Crippen molar-refractivity contribution >= 4 is 5.91 Å². The van der Waals surface area contributed by atoms with Crippen LogP contribution in [0.5, 0.6) is 0 Å². The van der Waals surface area contributed by atoms with E-state index in [4.69, 9.17) is 0 Å². The Hall–Kier alpha value is -1.42. The summed E-state index contributed by atoms with van der Waals surface area (Å²) < 4.78 is 12.8. The quantitative estimate of drug-likeness (QED) is 0.783. The normalized spacial score (nSPS) is 12.2. The summed E-state index contributed by atoms with van der Waals surface area (Å²) in [7, 11) is 1.82. The average Bonchev–Trinajstić information content (AvgIpc) is 2.25. The van der Waals surface area contributed by atoms with Gasteiger partial charge in [0.2, 0.25) is 0 Å². The molecule has 0 aliphatic rings. The van der Waals surface area contributed by atoms with Crippen molar-refractivity contribution in [2.75, 3.05) is 13.6 Å². The molecule has 1 aromatic carbocycles. The molecule has 1 rings (SSSR count). The number of carbonyl (C=O) groups is 1. The molecule has 0 radical (unpaired) electrons. The minimum Gasteiger partial charge on any atom is -0.350 e. The van der Waals surface area contributed by atoms with Gasteiger partial charge in [-0.1, -0.05) is 6.07 Å². The summed E-state index contributed by atoms with van der Waals surface area (Å²) in [6, 6.07) is 5.84. The van der Waals surface area contributed by atoms with E-state index in [2.05, 4.69) is 10.6 Å². The van der Waals surface area contributed by atoms with Crippen molar-refractivity contribution in [1.82, 2.24) is 10.6 Å². The molecule has 0 aliphatic heterocycles. The standard InChI is InChI=1S/C11H15FN2O/c1-8(13-2)7-14-11(15)9-4-3-5-10(12)6-9/h3-6,8,13H,7H2,1-2H3,(H,14,15). The number of amides is 1. The van der Waals surface area contributed by atoms with E-state index in [0.29, 0.717) is 12.1 Å². The Morgan fingerprint density at radius 1 is 1.53 bits per heavy atom. The van der Waals surface area contributed by atoms with Crippen LogP contribution in [0.3, 0.4) is 0 Å². The van der Waals surface area contributed by atoms with Gasteiger partial charge in [-0.3, -0.25) is 4.79 Å². The number of halogens is 1. The van der Waals surface area contributed by atoms with Gasteiger partial charge in [0.15, 0.2) is 0 Å². The smallest absolute Gasteiger partial charge is 0.251 e. The van der Waals surface area contributed by atoms with Gasteiger partial charge in [0.1, 0.15) is 5.82 Å². The van der Waals surface area contributed by atoms with Crippen LogP contribution in [0, 0.1) is 5.82 Å². The van der Waals surface area contributed by atoms with Gasteiger partial charge in [-0.15, -0.1) is 0 Å². The Morgan fingerprint density at radius 2 is 2.27 bits per heavy atom. The second-order valence-corrected chi connectivity index (χ2v) is 3.41. The van der Waals surface area contributed by atoms with Crippen LogP contribution in [0.4, 0.5) is 4.39 Å². The van der Waals surface area contributed by atoms with Crippen LogP contribution in [-0.4, -0.2) is 25.5 Å². The first-order valence-corrected chi connectivity index (χ1v) is 4.84. The Kier molecular flexibility index (Phi) is 4.24. The molecule has 2 N–H and O–H groups in total. The predicted molar refractivity (Wildman–Crippen MR) is 57.3 cm³/mol. The number of nitrogens with one attached hydrogen (secondary N) is 2. The maximum absolute atomic E-state index is 12.8. The largest absolute Gasteiger partial charge is 0.350 e. The highest BCUT2D eigenvalue weighted by Crippen LogP contribution is 2.02. The first kappa shape index (κ1) is 11.7. The molecule has 15 heavy (non-hydrogen) atoms. The summed E-state index contributed by atoms with van der Waals surface area (Å²) in [4.78, 5) is 11.5. The third-order valence-corrected chi connectivity index (χ3v) is 2.15. The molecule has 82 valence electrons. The SMILES string of the molecule is CNC(C)CNC(=O)c1cccc(F)c1. The molecule has 0 saturated carbocycles. The van der Waals surface area contributed by atoms with Crippen LogP contribution in [0.25, 0.3) is 0 Å². The molecule has 0 saturated heterocycles. The molecule has 3 nitrogen and oxygen atoms in total. The Balaban J connectivity index is 2.54. The molecule has 0 heterocycles. The highest BCUT2D eigenvalue weighted by molar-refractivity contribution is 5.94. The Morgan fingerprint density at radius 3 is 2.87 bits per heavy atom. The zero-order valence-electron chi connectivity index (χ0n) is 8.88. The maximum atomic E-state index is 12.8. The van der Waals surface area contributed by atoms with Gasteiger partial charge in [0, 0.05) is 18.2 Å². The van der Waals surface area contributed by atoms with E-state index < -0.39 is 5.82 Å². The lowest BCUT2D eigenvalue weighted by Crippen LogP contribution is -2.37. The summed E-state index contributed by atoms with van der Waals surface area (Å²) in [6.45, 7) is 2.47. The van der Waals surface area contributed by atoms with E-state index in [-0.39, 0.29) is 11.9 Å². The summed E-state index contributed by atoms with van der Waals surface area (Å²) in [6.07, 6.45) is 0. The first-order valence-electron chi connectivity index (χ1n) is 4.84. The molecule has 4 heteroatoms. The van der Waals surface area contributed by atoms with Gasteiger partial charge in [0.25, 0.3) is 5.91 Å². The van der Waals surface area contributed by atoms with E-state index in [9.17, 15) is 9.18 Å². The highest BCUT2D eigenvalue weighted by atomic mass is 19.1. The maximum Gasteiger partial charge on any atom is 0.251 e. The number of likely N-dealkylation sites (N-methyl/N-ethyl adjacent to an activating group) is 1. The lowest BCUT2D eigenvalue weighted by Gasteiger charge is -2.11. The molecule has 0 fully saturated rings. The number of hydrogen-bond donors (Lipinski definition) is 2. The molecule has 0 bridgehead atoms. The van der Waals surface area contributed by atoms with Crippen LogP contribution >= 0.6 is 0 Å². The number of benzene rings is 1. The molecule has 1 amide bonds. The summed E-state index contributed by atoms with van der Waals surface area (Å²) in [5, 5.41) is 5.70. The van der Waals surface area contributed by atoms with Gasteiger partial charge in [0.05, 0.1) is 0 Å². The molecular weight excluding hydrogens is 195 g/mol. The molecule has 1 aromatic rings. The van der Waals surface area contributed by atoms with Crippen LogP contribution in [-0.2, 0) is 0 Å². The van der Waals surface area contributed by atoms with Crippen molar-refractivity contribution in [3.8, 4) is 0 Å². The fourth-order valence-corrected chi connectivity index (χ4v) is 1.08. The second-order valence-electron chi connectivity index (χ2n) is 3.41. The molecule has 1 unspecified atom stereocenters. The topological polar surface area (TPSA) is 41.1 Å². The highest BCUT2D eigenvalue weighted by Gasteiger charge is 2.06. The summed E-state index contributed by atoms with van der Waals surface area (Å²) >= 11 is 0. The lowest BCUT2D eigenvalue weighted by atomic mass is 10.2. The number of hydrogen-bond acceptors (Lipinski definition) is 2. The zero-order chi connectivity index (χ0) is 11.3. The molecule has 0 aromatic heterocycles. The van der Waals surface area contributed by atoms with E-state index in [0.717, 1.165) is 0 Å². The van der Waals surface area contributed by atoms with Crippen LogP contribution in [0.15, 0.2) is 24.3 Å². The van der Waals surface area contributed by atoms with E-state index in [1.54, 1.807) is 6.07 Å². The van der Waals surface area contributed by atoms with Gasteiger partial charge < -0.3 is 10.6 Å². The van der Waals surface area contributed by atoms with Crippen LogP contribution < -0.4 is 10.6 Å². The monoisotopic (exact) mass is 210 g/mol. The van der Waals surface area contributed by atoms with Crippen LogP contribution in [0.1, 0.15) is 17.3 Å². The summed E-state index contributed by atoms with van der Waals surface area (Å²) in [5.74, 6) is -0.652. The van der Waals surface area contributed by atoms with Gasteiger partial charge in [-0.25, -0.2) is 4.39 Å². The minimum absolute atomic E-state index is 0.197. The minimum atomic E-state index is -0.399. The van der Waals surface area contributed by atoms with Crippen molar-refractivity contribution in [3.05, 3.63) is 35.6 Å². The molecular formula is C11H15FN2O. The van der Waals surface area contributed by atoms with E-state index >= 15 is 0 Å². The van der Waals surface area contributed by atoms with Crippen molar-refractivity contribution in [2.24, 2.45) is 0 Å². The molecule has 1 atom stereocenters. The van der Waals surface area contributed by atoms with Crippen molar-refractivity contribution in [2.45, 2.75) is 13.0 Å². The average molecular weight is 210 g/mol.